The molecule has 0 bridgehead atoms. The van der Waals surface area contributed by atoms with Gasteiger partial charge >= 0.3 is 0 Å². The van der Waals surface area contributed by atoms with E-state index in [1.54, 1.807) is 0 Å². The molecule has 0 spiro atoms. The number of nitrogens with one attached hydrogen (secondary N) is 1. The maximum Gasteiger partial charge on any atom is 0.227 e. The summed E-state index contributed by atoms with van der Waals surface area (Å²) in [5.74, 6) is 0.836. The van der Waals surface area contributed by atoms with Crippen LogP contribution in [0, 0.1) is 11.8 Å². The lowest BCUT2D eigenvalue weighted by molar-refractivity contribution is -0.142. The van der Waals surface area contributed by atoms with E-state index in [-0.39, 0.29) is 23.7 Å². The van der Waals surface area contributed by atoms with Gasteiger partial charge in [0.25, 0.3) is 0 Å². The molecule has 3 rings (SSSR count). The van der Waals surface area contributed by atoms with Crippen molar-refractivity contribution in [1.82, 2.24) is 15.1 Å². The van der Waals surface area contributed by atoms with Crippen LogP contribution in [0.1, 0.15) is 32.6 Å². The van der Waals surface area contributed by atoms with Crippen molar-refractivity contribution in [2.24, 2.45) is 11.8 Å². The molecule has 1 saturated carbocycles. The summed E-state index contributed by atoms with van der Waals surface area (Å²) in [5, 5.41) is 3.36. The van der Waals surface area contributed by atoms with Gasteiger partial charge in [0.1, 0.15) is 0 Å². The molecule has 2 amide bonds. The number of carbonyl (C=O) groups is 2. The number of carbonyl (C=O) groups excluding carboxylic acids is 2. The number of nitrogens with zero attached hydrogens (tertiary/aromatic N) is 2. The van der Waals surface area contributed by atoms with E-state index in [2.05, 4.69) is 12.2 Å². The molecule has 5 heteroatoms. The lowest BCUT2D eigenvalue weighted by Gasteiger charge is -2.38. The van der Waals surface area contributed by atoms with Gasteiger partial charge in [-0.05, 0) is 32.6 Å². The lowest BCUT2D eigenvalue weighted by atomic mass is 9.95. The summed E-state index contributed by atoms with van der Waals surface area (Å²) in [7, 11) is 0. The van der Waals surface area contributed by atoms with Crippen LogP contribution in [-0.2, 0) is 9.59 Å². The van der Waals surface area contributed by atoms with Gasteiger partial charge < -0.3 is 15.1 Å². The third kappa shape index (κ3) is 2.97. The van der Waals surface area contributed by atoms with E-state index in [1.807, 2.05) is 9.80 Å². The van der Waals surface area contributed by atoms with Gasteiger partial charge in [-0.15, -0.1) is 0 Å². The van der Waals surface area contributed by atoms with Crippen molar-refractivity contribution < 1.29 is 9.59 Å². The number of hydrogen-bond acceptors (Lipinski definition) is 3. The second-order valence-corrected chi connectivity index (χ2v) is 6.54. The summed E-state index contributed by atoms with van der Waals surface area (Å²) in [4.78, 5) is 28.7. The second kappa shape index (κ2) is 5.72. The Morgan fingerprint density at radius 2 is 1.65 bits per heavy atom. The fourth-order valence-corrected chi connectivity index (χ4v) is 3.36. The summed E-state index contributed by atoms with van der Waals surface area (Å²) in [6, 6.07) is 0.375. The Kier molecular flexibility index (Phi) is 3.96. The van der Waals surface area contributed by atoms with E-state index >= 15 is 0 Å². The third-order valence-corrected chi connectivity index (χ3v) is 4.69. The van der Waals surface area contributed by atoms with Crippen molar-refractivity contribution in [1.29, 1.82) is 0 Å². The fraction of sp³-hybridized carbons (Fsp3) is 0.867. The quantitative estimate of drug-likeness (QED) is 0.799. The van der Waals surface area contributed by atoms with Crippen LogP contribution in [0.25, 0.3) is 0 Å². The van der Waals surface area contributed by atoms with E-state index in [4.69, 9.17) is 0 Å². The van der Waals surface area contributed by atoms with E-state index in [9.17, 15) is 9.59 Å². The highest BCUT2D eigenvalue weighted by molar-refractivity contribution is 5.83. The fourth-order valence-electron chi connectivity index (χ4n) is 3.36. The van der Waals surface area contributed by atoms with Gasteiger partial charge in [0.05, 0.1) is 5.92 Å². The molecule has 2 saturated heterocycles. The van der Waals surface area contributed by atoms with Crippen LogP contribution in [0.2, 0.25) is 0 Å². The highest BCUT2D eigenvalue weighted by Gasteiger charge is 2.37. The Morgan fingerprint density at radius 3 is 2.35 bits per heavy atom. The molecule has 0 aromatic heterocycles. The molecule has 3 aliphatic rings. The summed E-state index contributed by atoms with van der Waals surface area (Å²) >= 11 is 0. The summed E-state index contributed by atoms with van der Waals surface area (Å²) in [6.45, 7) is 6.08. The normalized spacial score (nSPS) is 31.2. The number of amides is 2. The molecule has 2 unspecified atom stereocenters. The monoisotopic (exact) mass is 279 g/mol. The molecule has 3 fully saturated rings. The highest BCUT2D eigenvalue weighted by Crippen LogP contribution is 2.32. The molecule has 1 aliphatic carbocycles. The predicted molar refractivity (Wildman–Crippen MR) is 76.1 cm³/mol. The van der Waals surface area contributed by atoms with Crippen molar-refractivity contribution in [2.45, 2.75) is 38.6 Å². The van der Waals surface area contributed by atoms with Gasteiger partial charge in [0.15, 0.2) is 0 Å². The Morgan fingerprint density at radius 1 is 0.950 bits per heavy atom. The van der Waals surface area contributed by atoms with Crippen LogP contribution in [0.5, 0.6) is 0 Å². The molecule has 0 aromatic rings. The van der Waals surface area contributed by atoms with Crippen molar-refractivity contribution in [3.63, 3.8) is 0 Å². The van der Waals surface area contributed by atoms with Gasteiger partial charge in [-0.1, -0.05) is 0 Å². The molecule has 0 radical (unpaired) electrons. The molecule has 2 aliphatic heterocycles. The zero-order valence-electron chi connectivity index (χ0n) is 12.3. The first kappa shape index (κ1) is 13.9. The summed E-state index contributed by atoms with van der Waals surface area (Å²) < 4.78 is 0. The standard InChI is InChI=1S/C15H25N3O2/c1-11-9-18(8-6-16-11)15(20)13-3-2-7-17(10-13)14(19)12-4-5-12/h11-13,16H,2-10H2,1H3. The smallest absolute Gasteiger partial charge is 0.227 e. The van der Waals surface area contributed by atoms with Gasteiger partial charge in [-0.2, -0.15) is 0 Å². The molecule has 112 valence electrons. The minimum absolute atomic E-state index is 0.0248. The lowest BCUT2D eigenvalue weighted by Crippen LogP contribution is -2.55. The van der Waals surface area contributed by atoms with Crippen LogP contribution in [-0.4, -0.2) is 60.4 Å². The van der Waals surface area contributed by atoms with E-state index < -0.39 is 0 Å². The predicted octanol–water partition coefficient (Wildman–Crippen LogP) is 0.455. The molecule has 0 aromatic carbocycles. The topological polar surface area (TPSA) is 52.7 Å². The van der Waals surface area contributed by atoms with Crippen molar-refractivity contribution in [3.05, 3.63) is 0 Å². The van der Waals surface area contributed by atoms with Crippen molar-refractivity contribution in [3.8, 4) is 0 Å². The maximum atomic E-state index is 12.6. The first-order chi connectivity index (χ1) is 9.65. The Hall–Kier alpha value is -1.10. The second-order valence-electron chi connectivity index (χ2n) is 6.54. The minimum atomic E-state index is 0.0248. The van der Waals surface area contributed by atoms with Crippen LogP contribution in [0.4, 0.5) is 0 Å². The van der Waals surface area contributed by atoms with Gasteiger partial charge in [-0.3, -0.25) is 9.59 Å². The van der Waals surface area contributed by atoms with E-state index in [0.29, 0.717) is 12.6 Å². The Balaban J connectivity index is 1.58. The maximum absolute atomic E-state index is 12.6. The summed E-state index contributed by atoms with van der Waals surface area (Å²) in [6.07, 6.45) is 3.99. The first-order valence-electron chi connectivity index (χ1n) is 7.96. The number of hydrogen-bond donors (Lipinski definition) is 1. The summed E-state index contributed by atoms with van der Waals surface area (Å²) in [5.41, 5.74) is 0. The van der Waals surface area contributed by atoms with E-state index in [1.165, 1.54) is 0 Å². The van der Waals surface area contributed by atoms with Crippen LogP contribution < -0.4 is 5.32 Å². The zero-order chi connectivity index (χ0) is 14.1. The van der Waals surface area contributed by atoms with E-state index in [0.717, 1.165) is 51.9 Å². The number of piperidine rings is 1. The van der Waals surface area contributed by atoms with Gasteiger partial charge in [-0.25, -0.2) is 0 Å². The Bertz CT molecular complexity index is 395. The van der Waals surface area contributed by atoms with Crippen molar-refractivity contribution in [2.75, 3.05) is 32.7 Å². The number of rotatable bonds is 2. The highest BCUT2D eigenvalue weighted by atomic mass is 16.2. The van der Waals surface area contributed by atoms with Crippen LogP contribution in [0.15, 0.2) is 0 Å². The van der Waals surface area contributed by atoms with Crippen LogP contribution in [0.3, 0.4) is 0 Å². The number of likely N-dealkylation sites (tertiary alicyclic amines) is 1. The number of piperazine rings is 1. The molecule has 2 atom stereocenters. The molecule has 2 heterocycles. The molecule has 5 nitrogen and oxygen atoms in total. The minimum Gasteiger partial charge on any atom is -0.342 e. The SMILES string of the molecule is CC1CN(C(=O)C2CCCN(C(=O)C3CC3)C2)CCN1. The first-order valence-corrected chi connectivity index (χ1v) is 7.96. The van der Waals surface area contributed by atoms with Gasteiger partial charge in [0, 0.05) is 44.7 Å². The average molecular weight is 279 g/mol. The largest absolute Gasteiger partial charge is 0.342 e. The van der Waals surface area contributed by atoms with Crippen molar-refractivity contribution >= 4 is 11.8 Å². The zero-order valence-corrected chi connectivity index (χ0v) is 12.3. The molecule has 1 N–H and O–H groups in total. The molecular weight excluding hydrogens is 254 g/mol. The van der Waals surface area contributed by atoms with Gasteiger partial charge in [0.2, 0.25) is 11.8 Å². The molecule has 20 heavy (non-hydrogen) atoms. The Labute approximate surface area is 120 Å². The third-order valence-electron chi connectivity index (χ3n) is 4.69. The van der Waals surface area contributed by atoms with Crippen LogP contribution >= 0.6 is 0 Å². The average Bonchev–Trinajstić information content (AvgIpc) is 3.30. The molecular formula is C15H25N3O2.